The summed E-state index contributed by atoms with van der Waals surface area (Å²) in [6.45, 7) is 4.70. The first kappa shape index (κ1) is 14.1. The number of carboxylic acid groups (broad SMARTS) is 1. The quantitative estimate of drug-likeness (QED) is 0.809. The minimum Gasteiger partial charge on any atom is -0.480 e. The van der Waals surface area contributed by atoms with Gasteiger partial charge in [0.1, 0.15) is 0 Å². The molecule has 2 rings (SSSR count). The first-order valence-corrected chi connectivity index (χ1v) is 6.95. The molecule has 0 aromatic heterocycles. The number of hydrogen-bond donors (Lipinski definition) is 1. The van der Waals surface area contributed by atoms with Crippen molar-refractivity contribution >= 4 is 12.0 Å². The Morgan fingerprint density at radius 2 is 1.84 bits per heavy atom. The predicted octanol–water partition coefficient (Wildman–Crippen LogP) is 0.539. The van der Waals surface area contributed by atoms with Gasteiger partial charge in [-0.2, -0.15) is 0 Å². The molecule has 1 saturated carbocycles. The lowest BCUT2D eigenvalue weighted by Gasteiger charge is -2.37. The van der Waals surface area contributed by atoms with Crippen LogP contribution in [0.3, 0.4) is 0 Å². The number of nitrogens with zero attached hydrogens (tertiary/aromatic N) is 3. The van der Waals surface area contributed by atoms with Crippen LogP contribution >= 0.6 is 0 Å². The van der Waals surface area contributed by atoms with Crippen LogP contribution in [0.1, 0.15) is 19.8 Å². The van der Waals surface area contributed by atoms with Crippen molar-refractivity contribution in [3.63, 3.8) is 0 Å². The lowest BCUT2D eigenvalue weighted by atomic mass is 10.2. The van der Waals surface area contributed by atoms with Gasteiger partial charge in [0, 0.05) is 39.3 Å². The summed E-state index contributed by atoms with van der Waals surface area (Å²) in [7, 11) is 1.87. The summed E-state index contributed by atoms with van der Waals surface area (Å²) in [6.07, 6.45) is 2.45. The van der Waals surface area contributed by atoms with Crippen molar-refractivity contribution in [3.8, 4) is 0 Å². The fourth-order valence-electron chi connectivity index (χ4n) is 2.58. The Labute approximate surface area is 114 Å². The molecule has 0 bridgehead atoms. The van der Waals surface area contributed by atoms with E-state index < -0.39 is 5.97 Å². The van der Waals surface area contributed by atoms with Crippen LogP contribution in [0, 0.1) is 5.92 Å². The van der Waals surface area contributed by atoms with E-state index in [2.05, 4.69) is 6.92 Å². The van der Waals surface area contributed by atoms with Crippen molar-refractivity contribution in [1.29, 1.82) is 0 Å². The monoisotopic (exact) mass is 269 g/mol. The Hall–Kier alpha value is -1.30. The second-order valence-electron chi connectivity index (χ2n) is 5.63. The van der Waals surface area contributed by atoms with Crippen LogP contribution in [-0.4, -0.2) is 77.6 Å². The zero-order valence-electron chi connectivity index (χ0n) is 11.7. The standard InChI is InChI=1S/C13H23N3O3/c1-10(11-3-4-11)14(2)13(19)16-7-5-15(6-8-16)9-12(17)18/h10-11H,3-9H2,1-2H3,(H,17,18). The summed E-state index contributed by atoms with van der Waals surface area (Å²) < 4.78 is 0. The van der Waals surface area contributed by atoms with Crippen molar-refractivity contribution < 1.29 is 14.7 Å². The van der Waals surface area contributed by atoms with Crippen LogP contribution in [0.15, 0.2) is 0 Å². The zero-order chi connectivity index (χ0) is 14.0. The topological polar surface area (TPSA) is 64.1 Å². The van der Waals surface area contributed by atoms with Crippen LogP contribution in [0.2, 0.25) is 0 Å². The molecule has 6 nitrogen and oxygen atoms in total. The van der Waals surface area contributed by atoms with Crippen molar-refractivity contribution in [3.05, 3.63) is 0 Å². The molecule has 1 unspecified atom stereocenters. The van der Waals surface area contributed by atoms with E-state index in [1.165, 1.54) is 12.8 Å². The third-order valence-electron chi connectivity index (χ3n) is 4.22. The molecule has 1 atom stereocenters. The van der Waals surface area contributed by atoms with Crippen molar-refractivity contribution in [1.82, 2.24) is 14.7 Å². The van der Waals surface area contributed by atoms with Gasteiger partial charge < -0.3 is 14.9 Å². The molecule has 6 heteroatoms. The van der Waals surface area contributed by atoms with E-state index in [0.29, 0.717) is 38.1 Å². The molecule has 2 amide bonds. The second kappa shape index (κ2) is 5.77. The highest BCUT2D eigenvalue weighted by atomic mass is 16.4. The molecule has 108 valence electrons. The summed E-state index contributed by atoms with van der Waals surface area (Å²) in [6, 6.07) is 0.388. The highest BCUT2D eigenvalue weighted by Gasteiger charge is 2.34. The van der Waals surface area contributed by atoms with E-state index in [4.69, 9.17) is 5.11 Å². The molecule has 2 fully saturated rings. The zero-order valence-corrected chi connectivity index (χ0v) is 11.7. The molecule has 19 heavy (non-hydrogen) atoms. The van der Waals surface area contributed by atoms with E-state index in [-0.39, 0.29) is 12.6 Å². The SMILES string of the molecule is CC(C1CC1)N(C)C(=O)N1CCN(CC(=O)O)CC1. The molecule has 0 radical (unpaired) electrons. The van der Waals surface area contributed by atoms with Crippen LogP contribution < -0.4 is 0 Å². The highest BCUT2D eigenvalue weighted by molar-refractivity contribution is 5.74. The normalized spacial score (nSPS) is 22.1. The molecular weight excluding hydrogens is 246 g/mol. The maximum Gasteiger partial charge on any atom is 0.320 e. The Bertz CT molecular complexity index is 349. The third kappa shape index (κ3) is 3.59. The van der Waals surface area contributed by atoms with E-state index in [1.807, 2.05) is 21.7 Å². The van der Waals surface area contributed by atoms with Crippen molar-refractivity contribution in [2.45, 2.75) is 25.8 Å². The van der Waals surface area contributed by atoms with Crippen LogP contribution in [0.25, 0.3) is 0 Å². The first-order valence-electron chi connectivity index (χ1n) is 6.95. The Balaban J connectivity index is 1.79. The van der Waals surface area contributed by atoms with Crippen LogP contribution in [-0.2, 0) is 4.79 Å². The molecule has 2 aliphatic rings. The van der Waals surface area contributed by atoms with Crippen LogP contribution in [0.4, 0.5) is 4.79 Å². The fraction of sp³-hybridized carbons (Fsp3) is 0.846. The van der Waals surface area contributed by atoms with Gasteiger partial charge in [0.2, 0.25) is 0 Å². The van der Waals surface area contributed by atoms with Gasteiger partial charge in [-0.15, -0.1) is 0 Å². The molecule has 0 spiro atoms. The average Bonchev–Trinajstić information content (AvgIpc) is 3.20. The molecule has 0 aromatic rings. The third-order valence-corrected chi connectivity index (χ3v) is 4.22. The maximum atomic E-state index is 12.3. The van der Waals surface area contributed by atoms with Crippen molar-refractivity contribution in [2.75, 3.05) is 39.8 Å². The number of carbonyl (C=O) groups excluding carboxylic acids is 1. The highest BCUT2D eigenvalue weighted by Crippen LogP contribution is 2.34. The number of carbonyl (C=O) groups is 2. The Morgan fingerprint density at radius 3 is 2.32 bits per heavy atom. The lowest BCUT2D eigenvalue weighted by molar-refractivity contribution is -0.138. The van der Waals surface area contributed by atoms with Gasteiger partial charge in [-0.25, -0.2) is 4.79 Å². The predicted molar refractivity (Wildman–Crippen MR) is 71.0 cm³/mol. The van der Waals surface area contributed by atoms with Gasteiger partial charge in [0.05, 0.1) is 6.54 Å². The Kier molecular flexibility index (Phi) is 4.29. The molecule has 1 aliphatic carbocycles. The molecule has 1 N–H and O–H groups in total. The summed E-state index contributed by atoms with van der Waals surface area (Å²) in [5.74, 6) is -0.138. The van der Waals surface area contributed by atoms with Gasteiger partial charge in [0.15, 0.2) is 0 Å². The van der Waals surface area contributed by atoms with Gasteiger partial charge in [-0.3, -0.25) is 9.69 Å². The minimum absolute atomic E-state index is 0.0658. The smallest absolute Gasteiger partial charge is 0.320 e. The number of piperazine rings is 1. The fourth-order valence-corrected chi connectivity index (χ4v) is 2.58. The van der Waals surface area contributed by atoms with E-state index in [0.717, 1.165) is 0 Å². The number of urea groups is 1. The van der Waals surface area contributed by atoms with E-state index in [1.54, 1.807) is 0 Å². The second-order valence-corrected chi connectivity index (χ2v) is 5.63. The van der Waals surface area contributed by atoms with Gasteiger partial charge in [-0.1, -0.05) is 0 Å². The summed E-state index contributed by atoms with van der Waals surface area (Å²) in [5, 5.41) is 8.74. The summed E-state index contributed by atoms with van der Waals surface area (Å²) in [5.41, 5.74) is 0. The number of carboxylic acids is 1. The minimum atomic E-state index is -0.806. The molecule has 1 saturated heterocycles. The summed E-state index contributed by atoms with van der Waals surface area (Å²) in [4.78, 5) is 28.5. The molecular formula is C13H23N3O3. The Morgan fingerprint density at radius 1 is 1.26 bits per heavy atom. The van der Waals surface area contributed by atoms with E-state index >= 15 is 0 Å². The van der Waals surface area contributed by atoms with Gasteiger partial charge in [0.25, 0.3) is 0 Å². The number of amides is 2. The average molecular weight is 269 g/mol. The van der Waals surface area contributed by atoms with Crippen LogP contribution in [0.5, 0.6) is 0 Å². The molecule has 1 aliphatic heterocycles. The number of hydrogen-bond acceptors (Lipinski definition) is 3. The molecule has 1 heterocycles. The van der Waals surface area contributed by atoms with Crippen molar-refractivity contribution in [2.24, 2.45) is 5.92 Å². The first-order chi connectivity index (χ1) is 8.99. The maximum absolute atomic E-state index is 12.3. The largest absolute Gasteiger partial charge is 0.480 e. The van der Waals surface area contributed by atoms with Gasteiger partial charge >= 0.3 is 12.0 Å². The van der Waals surface area contributed by atoms with E-state index in [9.17, 15) is 9.59 Å². The summed E-state index contributed by atoms with van der Waals surface area (Å²) >= 11 is 0. The lowest BCUT2D eigenvalue weighted by Crippen LogP contribution is -2.54. The number of rotatable bonds is 4. The molecule has 0 aromatic carbocycles. The van der Waals surface area contributed by atoms with Gasteiger partial charge in [-0.05, 0) is 25.7 Å². The number of aliphatic carboxylic acids is 1.